The molecule has 0 aromatic carbocycles. The van der Waals surface area contributed by atoms with Gasteiger partial charge in [0.25, 0.3) is 0 Å². The van der Waals surface area contributed by atoms with Gasteiger partial charge in [0, 0.05) is 18.8 Å². The average Bonchev–Trinajstić information content (AvgIpc) is 3.09. The van der Waals surface area contributed by atoms with Gasteiger partial charge in [0.1, 0.15) is 5.78 Å². The van der Waals surface area contributed by atoms with Crippen LogP contribution in [-0.2, 0) is 19.1 Å². The molecular formula is C25H40O5. The molecule has 1 aliphatic rings. The number of unbranched alkanes of at least 4 members (excludes halogenated alkanes) is 3. The predicted molar refractivity (Wildman–Crippen MR) is 119 cm³/mol. The molecule has 5 nitrogen and oxygen atoms in total. The normalized spacial score (nSPS) is 21.0. The average molecular weight is 421 g/mol. The molecule has 0 spiro atoms. The molecule has 0 aromatic heterocycles. The highest BCUT2D eigenvalue weighted by molar-refractivity contribution is 6.01. The Labute approximate surface area is 182 Å². The Morgan fingerprint density at radius 1 is 1.23 bits per heavy atom. The van der Waals surface area contributed by atoms with Crippen LogP contribution in [0.3, 0.4) is 0 Å². The number of aliphatic hydroxyl groups is 1. The fraction of sp³-hybridized carbons (Fsp3) is 0.720. The Kier molecular flexibility index (Phi) is 13.2. The summed E-state index contributed by atoms with van der Waals surface area (Å²) in [4.78, 5) is 35.5. The van der Waals surface area contributed by atoms with Gasteiger partial charge in [-0.15, -0.1) is 6.58 Å². The van der Waals surface area contributed by atoms with Crippen LogP contribution in [0.25, 0.3) is 0 Å². The summed E-state index contributed by atoms with van der Waals surface area (Å²) in [5, 5.41) is 9.62. The maximum Gasteiger partial charge on any atom is 0.342 e. The number of aliphatic hydroxyl groups excluding tert-OH is 1. The van der Waals surface area contributed by atoms with Crippen molar-refractivity contribution >= 4 is 17.5 Å². The summed E-state index contributed by atoms with van der Waals surface area (Å²) in [6.07, 6.45) is 14.3. The maximum absolute atomic E-state index is 12.3. The Morgan fingerprint density at radius 2 is 2.00 bits per heavy atom. The van der Waals surface area contributed by atoms with Crippen molar-refractivity contribution in [2.24, 2.45) is 17.8 Å². The minimum absolute atomic E-state index is 0.0832. The van der Waals surface area contributed by atoms with Crippen LogP contribution in [-0.4, -0.2) is 35.4 Å². The highest BCUT2D eigenvalue weighted by atomic mass is 16.5. The smallest absolute Gasteiger partial charge is 0.342 e. The summed E-state index contributed by atoms with van der Waals surface area (Å²) < 4.78 is 4.66. The largest absolute Gasteiger partial charge is 0.464 e. The first-order valence-corrected chi connectivity index (χ1v) is 11.6. The Hall–Kier alpha value is -1.75. The highest BCUT2D eigenvalue weighted by Gasteiger charge is 2.32. The lowest BCUT2D eigenvalue weighted by Crippen LogP contribution is -2.31. The monoisotopic (exact) mass is 420 g/mol. The van der Waals surface area contributed by atoms with Gasteiger partial charge in [-0.2, -0.15) is 0 Å². The third-order valence-electron chi connectivity index (χ3n) is 5.99. The van der Waals surface area contributed by atoms with E-state index >= 15 is 0 Å². The molecule has 30 heavy (non-hydrogen) atoms. The number of hydrogen-bond donors (Lipinski definition) is 1. The topological polar surface area (TPSA) is 80.7 Å². The van der Waals surface area contributed by atoms with Crippen molar-refractivity contribution in [1.82, 2.24) is 0 Å². The molecule has 1 rings (SSSR count). The molecule has 0 amide bonds. The third kappa shape index (κ3) is 9.38. The highest BCUT2D eigenvalue weighted by Crippen LogP contribution is 2.34. The molecule has 170 valence electrons. The summed E-state index contributed by atoms with van der Waals surface area (Å²) >= 11 is 0. The van der Waals surface area contributed by atoms with Crippen molar-refractivity contribution in [2.75, 3.05) is 6.61 Å². The molecule has 0 aliphatic heterocycles. The van der Waals surface area contributed by atoms with Crippen molar-refractivity contribution in [3.63, 3.8) is 0 Å². The lowest BCUT2D eigenvalue weighted by molar-refractivity contribution is -0.157. The zero-order chi connectivity index (χ0) is 22.4. The van der Waals surface area contributed by atoms with E-state index in [1.165, 1.54) is 19.3 Å². The van der Waals surface area contributed by atoms with Crippen LogP contribution in [0, 0.1) is 17.8 Å². The molecule has 1 fully saturated rings. The van der Waals surface area contributed by atoms with Crippen molar-refractivity contribution in [3.8, 4) is 0 Å². The van der Waals surface area contributed by atoms with Crippen molar-refractivity contribution in [2.45, 2.75) is 90.6 Å². The van der Waals surface area contributed by atoms with Crippen molar-refractivity contribution in [1.29, 1.82) is 0 Å². The predicted octanol–water partition coefficient (Wildman–Crippen LogP) is 4.96. The minimum Gasteiger partial charge on any atom is -0.464 e. The SMILES string of the molecule is C=C[C@H](CC=C[C@H]1CCC(=O)[C@@H]1CCCCCC(=O)C(O)C(=O)OCC)CCCC. The number of carbonyl (C=O) groups excluding carboxylic acids is 3. The lowest BCUT2D eigenvalue weighted by Gasteiger charge is -2.15. The van der Waals surface area contributed by atoms with E-state index < -0.39 is 17.9 Å². The molecular weight excluding hydrogens is 380 g/mol. The lowest BCUT2D eigenvalue weighted by atomic mass is 9.88. The van der Waals surface area contributed by atoms with Crippen LogP contribution in [0.5, 0.6) is 0 Å². The number of ether oxygens (including phenoxy) is 1. The molecule has 0 heterocycles. The second-order valence-electron chi connectivity index (χ2n) is 8.30. The summed E-state index contributed by atoms with van der Waals surface area (Å²) in [5.41, 5.74) is 0. The van der Waals surface area contributed by atoms with E-state index in [0.717, 1.165) is 32.1 Å². The second kappa shape index (κ2) is 15.1. The first-order chi connectivity index (χ1) is 14.4. The number of carbonyl (C=O) groups is 3. The summed E-state index contributed by atoms with van der Waals surface area (Å²) in [7, 11) is 0. The number of allylic oxidation sites excluding steroid dienone is 3. The van der Waals surface area contributed by atoms with Gasteiger partial charge >= 0.3 is 5.97 Å². The maximum atomic E-state index is 12.3. The second-order valence-corrected chi connectivity index (χ2v) is 8.30. The van der Waals surface area contributed by atoms with Crippen molar-refractivity contribution in [3.05, 3.63) is 24.8 Å². The third-order valence-corrected chi connectivity index (χ3v) is 5.99. The van der Waals surface area contributed by atoms with E-state index in [-0.39, 0.29) is 18.9 Å². The first kappa shape index (κ1) is 26.3. The molecule has 1 saturated carbocycles. The van der Waals surface area contributed by atoms with E-state index in [2.05, 4.69) is 30.4 Å². The van der Waals surface area contributed by atoms with Gasteiger partial charge < -0.3 is 9.84 Å². The van der Waals surface area contributed by atoms with Gasteiger partial charge in [-0.25, -0.2) is 4.79 Å². The van der Waals surface area contributed by atoms with Gasteiger partial charge in [-0.3, -0.25) is 9.59 Å². The van der Waals surface area contributed by atoms with Gasteiger partial charge in [-0.1, -0.05) is 50.8 Å². The van der Waals surface area contributed by atoms with Gasteiger partial charge in [0.15, 0.2) is 5.78 Å². The molecule has 0 bridgehead atoms. The summed E-state index contributed by atoms with van der Waals surface area (Å²) in [6, 6.07) is 0. The van der Waals surface area contributed by atoms with Gasteiger partial charge in [0.2, 0.25) is 6.10 Å². The molecule has 1 aliphatic carbocycles. The molecule has 4 atom stereocenters. The van der Waals surface area contributed by atoms with E-state index in [9.17, 15) is 19.5 Å². The number of ketones is 2. The zero-order valence-electron chi connectivity index (χ0n) is 18.8. The molecule has 5 heteroatoms. The van der Waals surface area contributed by atoms with Crippen LogP contribution in [0.1, 0.15) is 84.5 Å². The molecule has 0 aromatic rings. The van der Waals surface area contributed by atoms with Crippen LogP contribution in [0.15, 0.2) is 24.8 Å². The van der Waals surface area contributed by atoms with E-state index in [0.29, 0.717) is 30.5 Å². The molecule has 0 radical (unpaired) electrons. The number of rotatable bonds is 16. The number of esters is 1. The van der Waals surface area contributed by atoms with Gasteiger partial charge in [0.05, 0.1) is 6.61 Å². The molecule has 1 N–H and O–H groups in total. The van der Waals surface area contributed by atoms with Crippen LogP contribution >= 0.6 is 0 Å². The fourth-order valence-corrected chi connectivity index (χ4v) is 4.10. The van der Waals surface area contributed by atoms with Crippen LogP contribution in [0.2, 0.25) is 0 Å². The summed E-state index contributed by atoms with van der Waals surface area (Å²) in [5.74, 6) is -0.0987. The van der Waals surface area contributed by atoms with Crippen LogP contribution < -0.4 is 0 Å². The first-order valence-electron chi connectivity index (χ1n) is 11.6. The minimum atomic E-state index is -1.67. The summed E-state index contributed by atoms with van der Waals surface area (Å²) in [6.45, 7) is 7.91. The Morgan fingerprint density at radius 3 is 2.67 bits per heavy atom. The Bertz CT molecular complexity index is 580. The fourth-order valence-electron chi connectivity index (χ4n) is 4.10. The quantitative estimate of drug-likeness (QED) is 0.165. The molecule has 1 unspecified atom stereocenters. The van der Waals surface area contributed by atoms with E-state index in [4.69, 9.17) is 0 Å². The van der Waals surface area contributed by atoms with Gasteiger partial charge in [-0.05, 0) is 50.9 Å². The van der Waals surface area contributed by atoms with E-state index in [1.54, 1.807) is 6.92 Å². The number of Topliss-reactive ketones (excluding diaryl/α,β-unsaturated/α-hetero) is 2. The van der Waals surface area contributed by atoms with Crippen LogP contribution in [0.4, 0.5) is 0 Å². The standard InChI is InChI=1S/C25H40O5/c1-4-7-12-19(5-2)13-11-14-20-17-18-22(26)21(20)15-9-8-10-16-23(27)24(28)25(29)30-6-3/h5,11,14,19-21,24,28H,2,4,6-10,12-13,15-18H2,1,3H3/t19-,20-,21+,24?/m0/s1. The zero-order valence-corrected chi connectivity index (χ0v) is 18.8. The number of hydrogen-bond acceptors (Lipinski definition) is 5. The molecule has 0 saturated heterocycles. The van der Waals surface area contributed by atoms with E-state index in [1.807, 2.05) is 6.08 Å². The van der Waals surface area contributed by atoms with Crippen molar-refractivity contribution < 1.29 is 24.2 Å². The Balaban J connectivity index is 2.34.